The summed E-state index contributed by atoms with van der Waals surface area (Å²) in [5, 5.41) is 12.4. The summed E-state index contributed by atoms with van der Waals surface area (Å²) in [6, 6.07) is 7.27. The minimum absolute atomic E-state index is 0.131. The molecular formula is C16H12N6O2S. The van der Waals surface area contributed by atoms with E-state index < -0.39 is 0 Å². The Morgan fingerprint density at radius 3 is 2.32 bits per heavy atom. The van der Waals surface area contributed by atoms with Gasteiger partial charge in [0.05, 0.1) is 5.25 Å². The van der Waals surface area contributed by atoms with Crippen molar-refractivity contribution < 1.29 is 8.94 Å². The van der Waals surface area contributed by atoms with E-state index in [4.69, 9.17) is 8.94 Å². The van der Waals surface area contributed by atoms with Crippen molar-refractivity contribution in [2.24, 2.45) is 0 Å². The highest BCUT2D eigenvalue weighted by Crippen LogP contribution is 2.34. The highest BCUT2D eigenvalue weighted by molar-refractivity contribution is 7.99. The van der Waals surface area contributed by atoms with Crippen molar-refractivity contribution in [1.29, 1.82) is 0 Å². The van der Waals surface area contributed by atoms with E-state index in [0.717, 1.165) is 11.1 Å². The highest BCUT2D eigenvalue weighted by atomic mass is 32.2. The van der Waals surface area contributed by atoms with Crippen molar-refractivity contribution in [2.75, 3.05) is 0 Å². The minimum Gasteiger partial charge on any atom is -0.411 e. The first kappa shape index (κ1) is 15.5. The summed E-state index contributed by atoms with van der Waals surface area (Å²) in [6.07, 6.45) is 6.72. The summed E-state index contributed by atoms with van der Waals surface area (Å²) in [6.45, 7) is 1.94. The Kier molecular flexibility index (Phi) is 4.21. The lowest BCUT2D eigenvalue weighted by molar-refractivity contribution is 0.379. The van der Waals surface area contributed by atoms with Crippen LogP contribution in [0.4, 0.5) is 0 Å². The number of pyridine rings is 2. The molecule has 124 valence electrons. The maximum Gasteiger partial charge on any atom is 0.277 e. The van der Waals surface area contributed by atoms with Gasteiger partial charge in [0.2, 0.25) is 17.6 Å². The van der Waals surface area contributed by atoms with Crippen LogP contribution in [-0.4, -0.2) is 30.3 Å². The first-order valence-corrected chi connectivity index (χ1v) is 8.32. The third-order valence-electron chi connectivity index (χ3n) is 3.34. The average Bonchev–Trinajstić information content (AvgIpc) is 3.33. The van der Waals surface area contributed by atoms with E-state index in [-0.39, 0.29) is 5.25 Å². The molecule has 4 aromatic heterocycles. The number of thioether (sulfide) groups is 1. The van der Waals surface area contributed by atoms with E-state index >= 15 is 0 Å². The monoisotopic (exact) mass is 352 g/mol. The van der Waals surface area contributed by atoms with E-state index in [0.29, 0.717) is 22.8 Å². The normalized spacial score (nSPS) is 12.2. The third kappa shape index (κ3) is 3.41. The van der Waals surface area contributed by atoms with Crippen LogP contribution in [0.25, 0.3) is 22.8 Å². The number of nitrogens with zero attached hydrogens (tertiary/aromatic N) is 6. The van der Waals surface area contributed by atoms with Gasteiger partial charge in [-0.1, -0.05) is 16.9 Å². The second-order valence-electron chi connectivity index (χ2n) is 5.06. The molecule has 0 fully saturated rings. The fraction of sp³-hybridized carbons (Fsp3) is 0.125. The lowest BCUT2D eigenvalue weighted by Gasteiger charge is -2.00. The van der Waals surface area contributed by atoms with Crippen LogP contribution >= 0.6 is 11.8 Å². The Hall–Kier alpha value is -3.07. The van der Waals surface area contributed by atoms with Gasteiger partial charge in [-0.2, -0.15) is 4.98 Å². The molecule has 0 saturated heterocycles. The molecule has 0 unspecified atom stereocenters. The summed E-state index contributed by atoms with van der Waals surface area (Å²) in [5.41, 5.74) is 1.67. The average molecular weight is 352 g/mol. The van der Waals surface area contributed by atoms with Gasteiger partial charge in [0.25, 0.3) is 5.22 Å². The Morgan fingerprint density at radius 1 is 0.920 bits per heavy atom. The van der Waals surface area contributed by atoms with Gasteiger partial charge >= 0.3 is 0 Å². The third-order valence-corrected chi connectivity index (χ3v) is 4.26. The Labute approximate surface area is 146 Å². The van der Waals surface area contributed by atoms with Crippen molar-refractivity contribution in [3.63, 3.8) is 0 Å². The van der Waals surface area contributed by atoms with Crippen LogP contribution in [0.2, 0.25) is 0 Å². The molecule has 0 N–H and O–H groups in total. The SMILES string of the molecule is C[C@H](Sc1nnc(-c2ccncc2)o1)c1nc(-c2ccncc2)no1. The first-order valence-electron chi connectivity index (χ1n) is 7.44. The van der Waals surface area contributed by atoms with E-state index in [1.807, 2.05) is 31.2 Å². The van der Waals surface area contributed by atoms with Crippen molar-refractivity contribution >= 4 is 11.8 Å². The van der Waals surface area contributed by atoms with Gasteiger partial charge < -0.3 is 8.94 Å². The summed E-state index contributed by atoms with van der Waals surface area (Å²) in [4.78, 5) is 12.4. The molecule has 0 aromatic carbocycles. The van der Waals surface area contributed by atoms with Gasteiger partial charge in [-0.3, -0.25) is 9.97 Å². The molecule has 0 saturated carbocycles. The molecule has 0 aliphatic rings. The van der Waals surface area contributed by atoms with Crippen LogP contribution in [0.1, 0.15) is 18.1 Å². The Balaban J connectivity index is 1.49. The maximum absolute atomic E-state index is 5.67. The number of rotatable bonds is 5. The molecule has 0 amide bonds. The molecule has 9 heteroatoms. The van der Waals surface area contributed by atoms with Crippen LogP contribution in [0.15, 0.2) is 63.2 Å². The second kappa shape index (κ2) is 6.81. The van der Waals surface area contributed by atoms with E-state index in [1.165, 1.54) is 11.8 Å². The van der Waals surface area contributed by atoms with Gasteiger partial charge in [0.1, 0.15) is 0 Å². The van der Waals surface area contributed by atoms with Crippen molar-refractivity contribution in [3.05, 3.63) is 54.9 Å². The van der Waals surface area contributed by atoms with Gasteiger partial charge in [-0.25, -0.2) is 0 Å². The van der Waals surface area contributed by atoms with Crippen LogP contribution in [0, 0.1) is 0 Å². The van der Waals surface area contributed by atoms with Gasteiger partial charge in [0, 0.05) is 35.9 Å². The van der Waals surface area contributed by atoms with Crippen LogP contribution in [-0.2, 0) is 0 Å². The van der Waals surface area contributed by atoms with Crippen molar-refractivity contribution in [3.8, 4) is 22.8 Å². The molecule has 4 heterocycles. The molecule has 8 nitrogen and oxygen atoms in total. The summed E-state index contributed by atoms with van der Waals surface area (Å²) in [7, 11) is 0. The number of aromatic nitrogens is 6. The molecular weight excluding hydrogens is 340 g/mol. The lowest BCUT2D eigenvalue weighted by Crippen LogP contribution is -1.89. The molecule has 4 aromatic rings. The number of hydrogen-bond acceptors (Lipinski definition) is 9. The van der Waals surface area contributed by atoms with E-state index in [2.05, 4.69) is 30.3 Å². The minimum atomic E-state index is -0.131. The second-order valence-corrected chi connectivity index (χ2v) is 6.35. The molecule has 0 spiro atoms. The van der Waals surface area contributed by atoms with Gasteiger partial charge in [0.15, 0.2) is 0 Å². The molecule has 0 aliphatic carbocycles. The maximum atomic E-state index is 5.67. The zero-order chi connectivity index (χ0) is 17.1. The zero-order valence-corrected chi connectivity index (χ0v) is 13.9. The van der Waals surface area contributed by atoms with Crippen LogP contribution in [0.5, 0.6) is 0 Å². The molecule has 4 rings (SSSR count). The fourth-order valence-electron chi connectivity index (χ4n) is 2.09. The Bertz CT molecular complexity index is 957. The fourth-order valence-corrected chi connectivity index (χ4v) is 2.80. The summed E-state index contributed by atoms with van der Waals surface area (Å²) >= 11 is 1.36. The van der Waals surface area contributed by atoms with Crippen LogP contribution < -0.4 is 0 Å². The van der Waals surface area contributed by atoms with Crippen molar-refractivity contribution in [1.82, 2.24) is 30.3 Å². The predicted molar refractivity (Wildman–Crippen MR) is 89.3 cm³/mol. The molecule has 1 atom stereocenters. The van der Waals surface area contributed by atoms with E-state index in [1.54, 1.807) is 24.8 Å². The predicted octanol–water partition coefficient (Wildman–Crippen LogP) is 3.43. The molecule has 0 bridgehead atoms. The molecule has 0 radical (unpaired) electrons. The van der Waals surface area contributed by atoms with Gasteiger partial charge in [-0.15, -0.1) is 10.2 Å². The summed E-state index contributed by atoms with van der Waals surface area (Å²) in [5.74, 6) is 1.45. The van der Waals surface area contributed by atoms with Gasteiger partial charge in [-0.05, 0) is 31.2 Å². The molecule has 0 aliphatic heterocycles. The largest absolute Gasteiger partial charge is 0.411 e. The van der Waals surface area contributed by atoms with Crippen LogP contribution in [0.3, 0.4) is 0 Å². The lowest BCUT2D eigenvalue weighted by atomic mass is 10.2. The van der Waals surface area contributed by atoms with E-state index in [9.17, 15) is 0 Å². The first-order chi connectivity index (χ1) is 12.3. The molecule has 25 heavy (non-hydrogen) atoms. The Morgan fingerprint density at radius 2 is 1.60 bits per heavy atom. The number of hydrogen-bond donors (Lipinski definition) is 0. The van der Waals surface area contributed by atoms with Crippen molar-refractivity contribution in [2.45, 2.75) is 17.4 Å². The zero-order valence-electron chi connectivity index (χ0n) is 13.1. The smallest absolute Gasteiger partial charge is 0.277 e. The topological polar surface area (TPSA) is 104 Å². The summed E-state index contributed by atoms with van der Waals surface area (Å²) < 4.78 is 11.0. The quantitative estimate of drug-likeness (QED) is 0.499. The highest BCUT2D eigenvalue weighted by Gasteiger charge is 2.20. The standard InChI is InChI=1S/C16H12N6O2S/c1-10(14-19-13(22-24-14)11-2-6-17-7-3-11)25-16-21-20-15(23-16)12-4-8-18-9-5-12/h2-10H,1H3/t10-/m0/s1.